The van der Waals surface area contributed by atoms with Crippen molar-refractivity contribution in [2.24, 2.45) is 0 Å². The van der Waals surface area contributed by atoms with E-state index in [0.29, 0.717) is 18.7 Å². The summed E-state index contributed by atoms with van der Waals surface area (Å²) in [6, 6.07) is 13.8. The molecule has 2 aromatic carbocycles. The zero-order chi connectivity index (χ0) is 17.9. The van der Waals surface area contributed by atoms with Crippen LogP contribution in [0.3, 0.4) is 0 Å². The Hall–Kier alpha value is -1.76. The summed E-state index contributed by atoms with van der Waals surface area (Å²) < 4.78 is 27.4. The summed E-state index contributed by atoms with van der Waals surface area (Å²) >= 11 is 3.39. The molecule has 0 aliphatic carbocycles. The lowest BCUT2D eigenvalue weighted by atomic mass is 10.1. The third-order valence-corrected chi connectivity index (χ3v) is 6.52. The van der Waals surface area contributed by atoms with E-state index in [1.165, 1.54) is 22.5 Å². The highest BCUT2D eigenvalue weighted by atomic mass is 79.9. The molecule has 0 aromatic heterocycles. The maximum Gasteiger partial charge on any atom is 0.243 e. The van der Waals surface area contributed by atoms with Crippen molar-refractivity contribution in [3.63, 3.8) is 0 Å². The van der Waals surface area contributed by atoms with Crippen molar-refractivity contribution < 1.29 is 13.2 Å². The first-order valence-electron chi connectivity index (χ1n) is 8.05. The first-order chi connectivity index (χ1) is 12.0. The summed E-state index contributed by atoms with van der Waals surface area (Å²) in [6.45, 7) is 1.14. The molecule has 0 radical (unpaired) electrons. The highest BCUT2D eigenvalue weighted by molar-refractivity contribution is 9.10. The fraction of sp³-hybridized carbons (Fsp3) is 0.211. The fourth-order valence-corrected chi connectivity index (χ4v) is 4.68. The third kappa shape index (κ3) is 4.26. The summed E-state index contributed by atoms with van der Waals surface area (Å²) in [4.78, 5) is 12.5. The Bertz CT molecular complexity index is 899. The number of rotatable bonds is 5. The Morgan fingerprint density at radius 1 is 1.04 bits per heavy atom. The van der Waals surface area contributed by atoms with E-state index in [1.54, 1.807) is 18.2 Å². The highest BCUT2D eigenvalue weighted by Gasteiger charge is 2.26. The standard InChI is InChI=1S/C19H18BrNO3S/c20-17-5-3-4-15(14-17)6-11-19(22)16-7-9-18(10-8-16)25(23,24)21-12-1-2-13-21/h3-11,14H,1-2,12-13H2/b11-6+. The normalized spacial score (nSPS) is 15.7. The largest absolute Gasteiger partial charge is 0.289 e. The van der Waals surface area contributed by atoms with Crippen LogP contribution < -0.4 is 0 Å². The molecule has 0 unspecified atom stereocenters. The molecule has 0 saturated carbocycles. The van der Waals surface area contributed by atoms with Gasteiger partial charge in [-0.05, 0) is 60.9 Å². The molecule has 2 aromatic rings. The number of sulfonamides is 1. The molecule has 0 bridgehead atoms. The lowest BCUT2D eigenvalue weighted by Gasteiger charge is -2.15. The Balaban J connectivity index is 1.74. The molecular weight excluding hydrogens is 402 g/mol. The fourth-order valence-electron chi connectivity index (χ4n) is 2.75. The number of carbonyl (C=O) groups is 1. The van der Waals surface area contributed by atoms with E-state index in [1.807, 2.05) is 24.3 Å². The SMILES string of the molecule is O=C(/C=C/c1cccc(Br)c1)c1ccc(S(=O)(=O)N2CCCC2)cc1. The van der Waals surface area contributed by atoms with E-state index in [2.05, 4.69) is 15.9 Å². The quantitative estimate of drug-likeness (QED) is 0.540. The molecule has 3 rings (SSSR count). The third-order valence-electron chi connectivity index (χ3n) is 4.12. The summed E-state index contributed by atoms with van der Waals surface area (Å²) in [5.41, 5.74) is 1.38. The minimum Gasteiger partial charge on any atom is -0.289 e. The van der Waals surface area contributed by atoms with Gasteiger partial charge < -0.3 is 0 Å². The van der Waals surface area contributed by atoms with Gasteiger partial charge in [0, 0.05) is 23.1 Å². The molecular formula is C19H18BrNO3S. The van der Waals surface area contributed by atoms with Gasteiger partial charge in [0.2, 0.25) is 10.0 Å². The smallest absolute Gasteiger partial charge is 0.243 e. The van der Waals surface area contributed by atoms with E-state index in [9.17, 15) is 13.2 Å². The average Bonchev–Trinajstić information content (AvgIpc) is 3.15. The van der Waals surface area contributed by atoms with Crippen molar-refractivity contribution in [1.82, 2.24) is 4.31 Å². The predicted octanol–water partition coefficient (Wildman–Crippen LogP) is 4.13. The van der Waals surface area contributed by atoms with Crippen molar-refractivity contribution in [1.29, 1.82) is 0 Å². The Morgan fingerprint density at radius 2 is 1.72 bits per heavy atom. The van der Waals surface area contributed by atoms with Crippen LogP contribution in [0.25, 0.3) is 6.08 Å². The van der Waals surface area contributed by atoms with E-state index in [4.69, 9.17) is 0 Å². The number of ketones is 1. The van der Waals surface area contributed by atoms with Crippen molar-refractivity contribution in [2.75, 3.05) is 13.1 Å². The average molecular weight is 420 g/mol. The first kappa shape index (κ1) is 18.0. The van der Waals surface area contributed by atoms with Crippen molar-refractivity contribution in [3.8, 4) is 0 Å². The van der Waals surface area contributed by atoms with E-state index in [0.717, 1.165) is 22.9 Å². The van der Waals surface area contributed by atoms with Gasteiger partial charge in [0.15, 0.2) is 5.78 Å². The van der Waals surface area contributed by atoms with E-state index >= 15 is 0 Å². The van der Waals surface area contributed by atoms with Crippen LogP contribution in [0.15, 0.2) is 64.0 Å². The van der Waals surface area contributed by atoms with Crippen LogP contribution >= 0.6 is 15.9 Å². The van der Waals surface area contributed by atoms with Gasteiger partial charge in [-0.25, -0.2) is 8.42 Å². The van der Waals surface area contributed by atoms with Crippen molar-refractivity contribution in [2.45, 2.75) is 17.7 Å². The van der Waals surface area contributed by atoms with Gasteiger partial charge in [-0.1, -0.05) is 34.1 Å². The van der Waals surface area contributed by atoms with Crippen molar-refractivity contribution >= 4 is 37.8 Å². The number of nitrogens with zero attached hydrogens (tertiary/aromatic N) is 1. The zero-order valence-electron chi connectivity index (χ0n) is 13.6. The minimum absolute atomic E-state index is 0.162. The maximum absolute atomic E-state index is 12.5. The topological polar surface area (TPSA) is 54.5 Å². The molecule has 0 amide bonds. The number of allylic oxidation sites excluding steroid dienone is 1. The maximum atomic E-state index is 12.5. The second-order valence-corrected chi connectivity index (χ2v) is 8.74. The summed E-state index contributed by atoms with van der Waals surface area (Å²) in [5, 5.41) is 0. The Labute approximate surface area is 156 Å². The molecule has 25 heavy (non-hydrogen) atoms. The predicted molar refractivity (Wildman–Crippen MR) is 102 cm³/mol. The van der Waals surface area contributed by atoms with Crippen LogP contribution in [0.2, 0.25) is 0 Å². The second-order valence-electron chi connectivity index (χ2n) is 5.89. The van der Waals surface area contributed by atoms with Gasteiger partial charge in [-0.2, -0.15) is 4.31 Å². The molecule has 0 N–H and O–H groups in total. The molecule has 0 atom stereocenters. The lowest BCUT2D eigenvalue weighted by Crippen LogP contribution is -2.27. The van der Waals surface area contributed by atoms with Gasteiger partial charge in [0.1, 0.15) is 0 Å². The van der Waals surface area contributed by atoms with Gasteiger partial charge in [0.05, 0.1) is 4.90 Å². The van der Waals surface area contributed by atoms with E-state index < -0.39 is 10.0 Å². The molecule has 1 heterocycles. The van der Waals surface area contributed by atoms with Gasteiger partial charge in [-0.3, -0.25) is 4.79 Å². The van der Waals surface area contributed by atoms with E-state index in [-0.39, 0.29) is 10.7 Å². The molecule has 4 nitrogen and oxygen atoms in total. The van der Waals surface area contributed by atoms with Crippen LogP contribution in [0, 0.1) is 0 Å². The minimum atomic E-state index is -3.44. The van der Waals surface area contributed by atoms with Gasteiger partial charge >= 0.3 is 0 Å². The Morgan fingerprint density at radius 3 is 2.36 bits per heavy atom. The second kappa shape index (κ2) is 7.64. The van der Waals surface area contributed by atoms with Crippen LogP contribution in [-0.4, -0.2) is 31.6 Å². The molecule has 130 valence electrons. The lowest BCUT2D eigenvalue weighted by molar-refractivity contribution is 0.104. The van der Waals surface area contributed by atoms with Crippen LogP contribution in [0.5, 0.6) is 0 Å². The number of benzene rings is 2. The molecule has 1 aliphatic heterocycles. The summed E-state index contributed by atoms with van der Waals surface area (Å²) in [7, 11) is -3.44. The van der Waals surface area contributed by atoms with Crippen molar-refractivity contribution in [3.05, 3.63) is 70.2 Å². The highest BCUT2D eigenvalue weighted by Crippen LogP contribution is 2.21. The van der Waals surface area contributed by atoms with Gasteiger partial charge in [-0.15, -0.1) is 0 Å². The monoisotopic (exact) mass is 419 g/mol. The number of hydrogen-bond donors (Lipinski definition) is 0. The Kier molecular flexibility index (Phi) is 5.51. The van der Waals surface area contributed by atoms with Crippen LogP contribution in [0.4, 0.5) is 0 Å². The number of halogens is 1. The molecule has 1 saturated heterocycles. The number of hydrogen-bond acceptors (Lipinski definition) is 3. The number of carbonyl (C=O) groups excluding carboxylic acids is 1. The molecule has 1 fully saturated rings. The summed E-state index contributed by atoms with van der Waals surface area (Å²) in [6.07, 6.45) is 5.03. The van der Waals surface area contributed by atoms with Crippen LogP contribution in [0.1, 0.15) is 28.8 Å². The first-order valence-corrected chi connectivity index (χ1v) is 10.3. The zero-order valence-corrected chi connectivity index (χ0v) is 16.0. The van der Waals surface area contributed by atoms with Gasteiger partial charge in [0.25, 0.3) is 0 Å². The summed E-state index contributed by atoms with van der Waals surface area (Å²) in [5.74, 6) is -0.162. The molecule has 0 spiro atoms. The molecule has 6 heteroatoms. The molecule has 1 aliphatic rings. The van der Waals surface area contributed by atoms with Crippen LogP contribution in [-0.2, 0) is 10.0 Å².